The van der Waals surface area contributed by atoms with Crippen LogP contribution in [0, 0.1) is 0 Å². The highest BCUT2D eigenvalue weighted by Gasteiger charge is 2.36. The Kier molecular flexibility index (Phi) is 3.85. The molecule has 4 nitrogen and oxygen atoms in total. The van der Waals surface area contributed by atoms with Crippen LogP contribution in [0.15, 0.2) is 12.1 Å². The molecule has 0 atom stereocenters. The third-order valence-corrected chi connectivity index (χ3v) is 4.70. The van der Waals surface area contributed by atoms with E-state index in [1.807, 2.05) is 6.07 Å². The molecule has 1 fully saturated rings. The molecule has 1 heterocycles. The lowest BCUT2D eigenvalue weighted by Crippen LogP contribution is -2.38. The van der Waals surface area contributed by atoms with Crippen LogP contribution in [-0.4, -0.2) is 20.4 Å². The van der Waals surface area contributed by atoms with Crippen molar-refractivity contribution in [3.05, 3.63) is 23.3 Å². The van der Waals surface area contributed by atoms with Crippen molar-refractivity contribution in [3.8, 4) is 11.5 Å². The fraction of sp³-hybridized carbons (Fsp3) is 0.625. The molecular formula is C16H23NO3. The standard InChI is InChI=1S/C16H23NO3/c1-18-9-12-13(5-6-14-15(12)20-11-19-14)16(10-17)7-3-2-4-8-16/h5-6H,2-4,7-11,17H2,1H3. The summed E-state index contributed by atoms with van der Waals surface area (Å²) in [7, 11) is 1.72. The van der Waals surface area contributed by atoms with Crippen LogP contribution in [0.25, 0.3) is 0 Å². The van der Waals surface area contributed by atoms with E-state index in [2.05, 4.69) is 6.07 Å². The molecule has 0 saturated heterocycles. The largest absolute Gasteiger partial charge is 0.454 e. The van der Waals surface area contributed by atoms with Gasteiger partial charge in [0.25, 0.3) is 0 Å². The first-order valence-electron chi connectivity index (χ1n) is 7.42. The monoisotopic (exact) mass is 277 g/mol. The molecule has 0 radical (unpaired) electrons. The lowest BCUT2D eigenvalue weighted by Gasteiger charge is -2.38. The molecule has 0 unspecified atom stereocenters. The summed E-state index contributed by atoms with van der Waals surface area (Å²) in [4.78, 5) is 0. The number of hydrogen-bond acceptors (Lipinski definition) is 4. The van der Waals surface area contributed by atoms with Crippen LogP contribution in [0.1, 0.15) is 43.2 Å². The van der Waals surface area contributed by atoms with E-state index in [4.69, 9.17) is 19.9 Å². The van der Waals surface area contributed by atoms with Crippen molar-refractivity contribution in [2.75, 3.05) is 20.4 Å². The van der Waals surface area contributed by atoms with E-state index < -0.39 is 0 Å². The van der Waals surface area contributed by atoms with E-state index in [9.17, 15) is 0 Å². The van der Waals surface area contributed by atoms with E-state index in [0.29, 0.717) is 19.9 Å². The number of rotatable bonds is 4. The van der Waals surface area contributed by atoms with E-state index in [0.717, 1.165) is 29.9 Å². The van der Waals surface area contributed by atoms with Gasteiger partial charge in [-0.25, -0.2) is 0 Å². The average molecular weight is 277 g/mol. The summed E-state index contributed by atoms with van der Waals surface area (Å²) in [6.07, 6.45) is 6.11. The van der Waals surface area contributed by atoms with Gasteiger partial charge in [0.2, 0.25) is 6.79 Å². The van der Waals surface area contributed by atoms with Gasteiger partial charge in [-0.05, 0) is 24.5 Å². The summed E-state index contributed by atoms with van der Waals surface area (Å²) in [6, 6.07) is 4.18. The van der Waals surface area contributed by atoms with Gasteiger partial charge >= 0.3 is 0 Å². The molecule has 1 saturated carbocycles. The second-order valence-electron chi connectivity index (χ2n) is 5.80. The predicted octanol–water partition coefficient (Wildman–Crippen LogP) is 2.72. The van der Waals surface area contributed by atoms with Crippen LogP contribution < -0.4 is 15.2 Å². The fourth-order valence-corrected chi connectivity index (χ4v) is 3.63. The van der Waals surface area contributed by atoms with Gasteiger partial charge in [-0.15, -0.1) is 0 Å². The van der Waals surface area contributed by atoms with Crippen LogP contribution in [0.2, 0.25) is 0 Å². The van der Waals surface area contributed by atoms with Gasteiger partial charge in [-0.2, -0.15) is 0 Å². The number of hydrogen-bond donors (Lipinski definition) is 1. The molecule has 110 valence electrons. The lowest BCUT2D eigenvalue weighted by atomic mass is 9.68. The number of benzene rings is 1. The van der Waals surface area contributed by atoms with E-state index in [-0.39, 0.29) is 5.41 Å². The third kappa shape index (κ3) is 2.17. The Bertz CT molecular complexity index is 481. The first-order chi connectivity index (χ1) is 9.80. The number of fused-ring (bicyclic) bond motifs is 1. The maximum atomic E-state index is 6.17. The molecule has 1 aromatic rings. The minimum atomic E-state index is 0.0765. The molecule has 1 aliphatic carbocycles. The van der Waals surface area contributed by atoms with Crippen molar-refractivity contribution in [1.82, 2.24) is 0 Å². The first-order valence-corrected chi connectivity index (χ1v) is 7.42. The van der Waals surface area contributed by atoms with Gasteiger partial charge in [0.15, 0.2) is 11.5 Å². The molecule has 20 heavy (non-hydrogen) atoms. The maximum Gasteiger partial charge on any atom is 0.231 e. The number of methoxy groups -OCH3 is 1. The highest BCUT2D eigenvalue weighted by Crippen LogP contribution is 2.46. The highest BCUT2D eigenvalue weighted by atomic mass is 16.7. The summed E-state index contributed by atoms with van der Waals surface area (Å²) in [5.41, 5.74) is 8.66. The van der Waals surface area contributed by atoms with Crippen molar-refractivity contribution >= 4 is 0 Å². The lowest BCUT2D eigenvalue weighted by molar-refractivity contribution is 0.161. The van der Waals surface area contributed by atoms with Gasteiger partial charge in [-0.3, -0.25) is 0 Å². The average Bonchev–Trinajstić information content (AvgIpc) is 2.97. The Hall–Kier alpha value is -1.26. The molecular weight excluding hydrogens is 254 g/mol. The Morgan fingerprint density at radius 3 is 2.70 bits per heavy atom. The summed E-state index contributed by atoms with van der Waals surface area (Å²) in [5, 5.41) is 0. The van der Waals surface area contributed by atoms with Crippen LogP contribution in [0.5, 0.6) is 11.5 Å². The zero-order chi connectivity index (χ0) is 14.0. The molecule has 0 aromatic heterocycles. The summed E-state index contributed by atoms with van der Waals surface area (Å²) in [5.74, 6) is 1.67. The maximum absolute atomic E-state index is 6.17. The predicted molar refractivity (Wildman–Crippen MR) is 77.1 cm³/mol. The molecule has 0 bridgehead atoms. The van der Waals surface area contributed by atoms with Crippen LogP contribution >= 0.6 is 0 Å². The van der Waals surface area contributed by atoms with Crippen molar-refractivity contribution < 1.29 is 14.2 Å². The SMILES string of the molecule is COCc1c(C2(CN)CCCCC2)ccc2c1OCO2. The topological polar surface area (TPSA) is 53.7 Å². The molecule has 1 aliphatic heterocycles. The Morgan fingerprint density at radius 1 is 1.20 bits per heavy atom. The van der Waals surface area contributed by atoms with Gasteiger partial charge < -0.3 is 19.9 Å². The smallest absolute Gasteiger partial charge is 0.231 e. The van der Waals surface area contributed by atoms with Crippen molar-refractivity contribution in [1.29, 1.82) is 0 Å². The Morgan fingerprint density at radius 2 is 2.00 bits per heavy atom. The summed E-state index contributed by atoms with van der Waals surface area (Å²) >= 11 is 0. The van der Waals surface area contributed by atoms with Crippen LogP contribution in [0.4, 0.5) is 0 Å². The van der Waals surface area contributed by atoms with Crippen LogP contribution in [0.3, 0.4) is 0 Å². The number of ether oxygens (including phenoxy) is 3. The zero-order valence-electron chi connectivity index (χ0n) is 12.1. The summed E-state index contributed by atoms with van der Waals surface area (Å²) in [6.45, 7) is 1.53. The van der Waals surface area contributed by atoms with Crippen LogP contribution in [-0.2, 0) is 16.8 Å². The first kappa shape index (κ1) is 13.7. The van der Waals surface area contributed by atoms with Crippen molar-refractivity contribution in [2.24, 2.45) is 5.73 Å². The third-order valence-electron chi connectivity index (χ3n) is 4.70. The Labute approximate surface area is 120 Å². The van der Waals surface area contributed by atoms with Crippen molar-refractivity contribution in [3.63, 3.8) is 0 Å². The minimum Gasteiger partial charge on any atom is -0.454 e. The molecule has 1 aromatic carbocycles. The van der Waals surface area contributed by atoms with Gasteiger partial charge in [0, 0.05) is 24.6 Å². The molecule has 2 N–H and O–H groups in total. The highest BCUT2D eigenvalue weighted by molar-refractivity contribution is 5.54. The normalized spacial score (nSPS) is 20.1. The minimum absolute atomic E-state index is 0.0765. The van der Waals surface area contributed by atoms with Gasteiger partial charge in [-0.1, -0.05) is 25.3 Å². The molecule has 0 spiro atoms. The molecule has 3 rings (SSSR count). The quantitative estimate of drug-likeness (QED) is 0.919. The second kappa shape index (κ2) is 5.62. The van der Waals surface area contributed by atoms with E-state index in [1.165, 1.54) is 24.8 Å². The fourth-order valence-electron chi connectivity index (χ4n) is 3.63. The van der Waals surface area contributed by atoms with Gasteiger partial charge in [0.05, 0.1) is 6.61 Å². The number of nitrogens with two attached hydrogens (primary N) is 1. The second-order valence-corrected chi connectivity index (χ2v) is 5.80. The summed E-state index contributed by atoms with van der Waals surface area (Å²) < 4.78 is 16.5. The van der Waals surface area contributed by atoms with Crippen molar-refractivity contribution in [2.45, 2.75) is 44.1 Å². The molecule has 0 amide bonds. The van der Waals surface area contributed by atoms with Gasteiger partial charge in [0.1, 0.15) is 0 Å². The zero-order valence-corrected chi connectivity index (χ0v) is 12.1. The van der Waals surface area contributed by atoms with E-state index >= 15 is 0 Å². The molecule has 2 aliphatic rings. The Balaban J connectivity index is 2.07. The molecule has 4 heteroatoms. The van der Waals surface area contributed by atoms with E-state index in [1.54, 1.807) is 7.11 Å².